The third-order valence-electron chi connectivity index (χ3n) is 4.35. The summed E-state index contributed by atoms with van der Waals surface area (Å²) in [5.41, 5.74) is 4.70. The highest BCUT2D eigenvalue weighted by Gasteiger charge is 2.13. The summed E-state index contributed by atoms with van der Waals surface area (Å²) >= 11 is 0. The molecule has 8 nitrogen and oxygen atoms in total. The second kappa shape index (κ2) is 7.82. The number of hydrogen-bond donors (Lipinski definition) is 2. The van der Waals surface area contributed by atoms with Crippen LogP contribution in [0.3, 0.4) is 0 Å². The Hall–Kier alpha value is -3.95. The molecular formula is C20H17F2N5O3. The minimum absolute atomic E-state index is 0.150. The van der Waals surface area contributed by atoms with Gasteiger partial charge in [-0.1, -0.05) is 12.1 Å². The maximum atomic E-state index is 13.1. The molecule has 0 fully saturated rings. The van der Waals surface area contributed by atoms with Crippen molar-refractivity contribution in [2.75, 3.05) is 17.9 Å². The first-order valence-corrected chi connectivity index (χ1v) is 8.90. The highest BCUT2D eigenvalue weighted by atomic mass is 19.3. The number of benzene rings is 2. The molecular weight excluding hydrogens is 396 g/mol. The molecule has 0 aliphatic carbocycles. The maximum absolute atomic E-state index is 13.1. The number of halogens is 2. The first kappa shape index (κ1) is 19.4. The summed E-state index contributed by atoms with van der Waals surface area (Å²) in [4.78, 5) is 20.7. The molecule has 30 heavy (non-hydrogen) atoms. The van der Waals surface area contributed by atoms with Gasteiger partial charge in [-0.15, -0.1) is 0 Å². The van der Waals surface area contributed by atoms with Crippen LogP contribution in [0, 0.1) is 6.92 Å². The van der Waals surface area contributed by atoms with E-state index in [0.717, 1.165) is 0 Å². The zero-order chi connectivity index (χ0) is 21.3. The van der Waals surface area contributed by atoms with E-state index < -0.39 is 12.2 Å². The number of anilines is 3. The Morgan fingerprint density at radius 3 is 2.77 bits per heavy atom. The molecule has 0 aliphatic heterocycles. The lowest BCUT2D eigenvalue weighted by atomic mass is 10.2. The first-order valence-electron chi connectivity index (χ1n) is 8.90. The second-order valence-electron chi connectivity index (χ2n) is 6.43. The highest BCUT2D eigenvalue weighted by molar-refractivity contribution is 5.73. The van der Waals surface area contributed by atoms with Crippen molar-refractivity contribution in [1.29, 1.82) is 0 Å². The van der Waals surface area contributed by atoms with Gasteiger partial charge in [-0.05, 0) is 31.2 Å². The zero-order valence-electron chi connectivity index (χ0n) is 16.0. The standard InChI is InChI=1S/C20H17F2N5O3/c1-11-10-23-19(24-13-7-12(17(21)22)8-14(9-13)29-2)25-18(11)26-27-15-5-3-4-6-16(15)30-20(27)28/h3-10,17H,1-2H3,(H2,23,24,25,26). The van der Waals surface area contributed by atoms with Crippen molar-refractivity contribution in [3.63, 3.8) is 0 Å². The summed E-state index contributed by atoms with van der Waals surface area (Å²) in [7, 11) is 1.39. The monoisotopic (exact) mass is 413 g/mol. The number of aromatic nitrogens is 3. The molecule has 2 N–H and O–H groups in total. The number of methoxy groups -OCH3 is 1. The first-order chi connectivity index (χ1) is 14.4. The van der Waals surface area contributed by atoms with Crippen LogP contribution in [-0.2, 0) is 0 Å². The van der Waals surface area contributed by atoms with Crippen LogP contribution in [0.5, 0.6) is 5.75 Å². The van der Waals surface area contributed by atoms with E-state index >= 15 is 0 Å². The number of para-hydroxylation sites is 2. The predicted octanol–water partition coefficient (Wildman–Crippen LogP) is 4.26. The maximum Gasteiger partial charge on any atom is 0.439 e. The third-order valence-corrected chi connectivity index (χ3v) is 4.35. The molecule has 0 aliphatic rings. The quantitative estimate of drug-likeness (QED) is 0.488. The minimum atomic E-state index is -2.65. The molecule has 0 bridgehead atoms. The summed E-state index contributed by atoms with van der Waals surface area (Å²) in [5, 5.41) is 2.89. The van der Waals surface area contributed by atoms with Gasteiger partial charge in [0, 0.05) is 29.1 Å². The Morgan fingerprint density at radius 1 is 1.20 bits per heavy atom. The molecule has 0 radical (unpaired) electrons. The van der Waals surface area contributed by atoms with E-state index in [1.807, 2.05) is 0 Å². The van der Waals surface area contributed by atoms with E-state index in [2.05, 4.69) is 20.7 Å². The molecule has 0 saturated carbocycles. The van der Waals surface area contributed by atoms with Gasteiger partial charge in [0.05, 0.1) is 7.11 Å². The molecule has 0 unspecified atom stereocenters. The topological polar surface area (TPSA) is 94.2 Å². The SMILES string of the molecule is COc1cc(Nc2ncc(C)c(Nn3c(=O)oc4ccccc43)n2)cc(C(F)F)c1. The van der Waals surface area contributed by atoms with Crippen molar-refractivity contribution < 1.29 is 17.9 Å². The molecule has 10 heteroatoms. The Kier molecular flexibility index (Phi) is 5.05. The Morgan fingerprint density at radius 2 is 2.00 bits per heavy atom. The molecule has 4 aromatic rings. The lowest BCUT2D eigenvalue weighted by Crippen LogP contribution is -2.23. The van der Waals surface area contributed by atoms with Crippen molar-refractivity contribution in [3.05, 3.63) is 70.3 Å². The van der Waals surface area contributed by atoms with Gasteiger partial charge in [0.25, 0.3) is 6.43 Å². The average molecular weight is 413 g/mol. The van der Waals surface area contributed by atoms with Crippen molar-refractivity contribution in [2.45, 2.75) is 13.3 Å². The molecule has 0 amide bonds. The van der Waals surface area contributed by atoms with Crippen LogP contribution in [0.4, 0.5) is 26.2 Å². The molecule has 4 rings (SSSR count). The molecule has 0 atom stereocenters. The summed E-state index contributed by atoms with van der Waals surface area (Å²) in [5.74, 6) is 0.172. The highest BCUT2D eigenvalue weighted by Crippen LogP contribution is 2.29. The van der Waals surface area contributed by atoms with Gasteiger partial charge < -0.3 is 14.5 Å². The smallest absolute Gasteiger partial charge is 0.439 e. The molecule has 0 spiro atoms. The number of oxazole rings is 1. The fourth-order valence-corrected chi connectivity index (χ4v) is 2.86. The number of alkyl halides is 2. The van der Waals surface area contributed by atoms with E-state index in [-0.39, 0.29) is 17.3 Å². The number of nitrogens with one attached hydrogen (secondary N) is 2. The molecule has 2 aromatic carbocycles. The second-order valence-corrected chi connectivity index (χ2v) is 6.43. The van der Waals surface area contributed by atoms with Crippen molar-refractivity contribution in [3.8, 4) is 5.75 Å². The van der Waals surface area contributed by atoms with E-state index in [0.29, 0.717) is 28.2 Å². The van der Waals surface area contributed by atoms with Gasteiger partial charge >= 0.3 is 5.76 Å². The minimum Gasteiger partial charge on any atom is -0.497 e. The average Bonchev–Trinajstić information content (AvgIpc) is 3.05. The molecule has 2 heterocycles. The predicted molar refractivity (Wildman–Crippen MR) is 107 cm³/mol. The van der Waals surface area contributed by atoms with Gasteiger partial charge in [-0.2, -0.15) is 9.66 Å². The Bertz CT molecular complexity index is 1270. The van der Waals surface area contributed by atoms with Gasteiger partial charge in [0.2, 0.25) is 5.95 Å². The molecule has 154 valence electrons. The number of aryl methyl sites for hydroxylation is 1. The largest absolute Gasteiger partial charge is 0.497 e. The Labute approximate surface area is 169 Å². The zero-order valence-corrected chi connectivity index (χ0v) is 16.0. The van der Waals surface area contributed by atoms with E-state index in [1.54, 1.807) is 43.5 Å². The van der Waals surface area contributed by atoms with Crippen LogP contribution in [0.25, 0.3) is 11.1 Å². The van der Waals surface area contributed by atoms with E-state index in [1.165, 1.54) is 23.9 Å². The Balaban J connectivity index is 1.66. The van der Waals surface area contributed by atoms with Crippen LogP contribution in [0.15, 0.2) is 57.9 Å². The molecule has 2 aromatic heterocycles. The van der Waals surface area contributed by atoms with Crippen molar-refractivity contribution in [2.24, 2.45) is 0 Å². The van der Waals surface area contributed by atoms with Crippen molar-refractivity contribution >= 4 is 28.6 Å². The summed E-state index contributed by atoms with van der Waals surface area (Å²) < 4.78 is 37.8. The fourth-order valence-electron chi connectivity index (χ4n) is 2.86. The normalized spacial score (nSPS) is 11.1. The van der Waals surface area contributed by atoms with Crippen LogP contribution in [0.1, 0.15) is 17.6 Å². The van der Waals surface area contributed by atoms with Crippen LogP contribution < -0.4 is 21.2 Å². The van der Waals surface area contributed by atoms with Gasteiger partial charge in [-0.3, -0.25) is 5.43 Å². The van der Waals surface area contributed by atoms with Gasteiger partial charge in [0.1, 0.15) is 11.3 Å². The van der Waals surface area contributed by atoms with Crippen LogP contribution in [0.2, 0.25) is 0 Å². The molecule has 0 saturated heterocycles. The lowest BCUT2D eigenvalue weighted by Gasteiger charge is -2.12. The number of rotatable bonds is 6. The summed E-state index contributed by atoms with van der Waals surface area (Å²) in [6.45, 7) is 1.76. The lowest BCUT2D eigenvalue weighted by molar-refractivity contribution is 0.151. The van der Waals surface area contributed by atoms with E-state index in [4.69, 9.17) is 9.15 Å². The van der Waals surface area contributed by atoms with Gasteiger partial charge in [0.15, 0.2) is 11.4 Å². The fraction of sp³-hybridized carbons (Fsp3) is 0.150. The van der Waals surface area contributed by atoms with Crippen LogP contribution >= 0.6 is 0 Å². The number of ether oxygens (including phenoxy) is 1. The van der Waals surface area contributed by atoms with Crippen LogP contribution in [-0.4, -0.2) is 21.8 Å². The van der Waals surface area contributed by atoms with Gasteiger partial charge in [-0.25, -0.2) is 18.6 Å². The third kappa shape index (κ3) is 3.79. The summed E-state index contributed by atoms with van der Waals surface area (Å²) in [6.07, 6.45) is -1.11. The summed E-state index contributed by atoms with van der Waals surface area (Å²) in [6, 6.07) is 11.0. The van der Waals surface area contributed by atoms with Crippen molar-refractivity contribution in [1.82, 2.24) is 14.6 Å². The number of nitrogens with zero attached hydrogens (tertiary/aromatic N) is 3. The van der Waals surface area contributed by atoms with E-state index in [9.17, 15) is 13.6 Å². The number of fused-ring (bicyclic) bond motifs is 1. The number of hydrogen-bond acceptors (Lipinski definition) is 7.